The second kappa shape index (κ2) is 19.9. The maximum absolute atomic E-state index is 16.4. The van der Waals surface area contributed by atoms with E-state index in [9.17, 15) is 28.6 Å². The molecule has 2 aromatic carbocycles. The lowest BCUT2D eigenvalue weighted by Gasteiger charge is -2.37. The smallest absolute Gasteiger partial charge is 0.410 e. The van der Waals surface area contributed by atoms with Crippen molar-refractivity contribution in [3.8, 4) is 5.75 Å². The highest BCUT2D eigenvalue weighted by Gasteiger charge is 2.45. The summed E-state index contributed by atoms with van der Waals surface area (Å²) in [5.41, 5.74) is -0.847. The molecule has 17 nitrogen and oxygen atoms in total. The summed E-state index contributed by atoms with van der Waals surface area (Å²) in [4.78, 5) is 69.0. The second-order valence-corrected chi connectivity index (χ2v) is 20.7. The highest BCUT2D eigenvalue weighted by atomic mass is 31.2. The van der Waals surface area contributed by atoms with E-state index in [0.717, 1.165) is 31.7 Å². The Morgan fingerprint density at radius 3 is 2.14 bits per heavy atom. The first-order valence-electron chi connectivity index (χ1n) is 21.4. The van der Waals surface area contributed by atoms with E-state index in [0.29, 0.717) is 25.2 Å². The minimum absolute atomic E-state index is 0.00388. The van der Waals surface area contributed by atoms with Crippen LogP contribution in [0, 0.1) is 11.7 Å². The Labute approximate surface area is 366 Å². The van der Waals surface area contributed by atoms with E-state index in [-0.39, 0.29) is 83.1 Å². The molecule has 346 valence electrons. The number of piperidine rings is 1. The largest absolute Gasteiger partial charge is 0.492 e. The maximum atomic E-state index is 16.4. The summed E-state index contributed by atoms with van der Waals surface area (Å²) in [6, 6.07) is 6.71. The topological polar surface area (TPSA) is 194 Å². The Morgan fingerprint density at radius 2 is 1.57 bits per heavy atom. The highest BCUT2D eigenvalue weighted by Crippen LogP contribution is 2.63. The third kappa shape index (κ3) is 10.5. The SMILES string of the molecule is CCOP(=O)(OCC)C(c1ccc(NC(=O)COC(=O)c2cn(C3CC3)c3c(OC)c(N4C[C@@H]5CCCN(C(=O)OC(C)(C)C)[C@@H]5C4)c(F)cc3c2=O)cc1)=P(O)(OCC)OCC. The predicted octanol–water partition coefficient (Wildman–Crippen LogP) is 7.69. The maximum Gasteiger partial charge on any atom is 0.410 e. The summed E-state index contributed by atoms with van der Waals surface area (Å²) in [5, 5.41) is 2.36. The number of amides is 2. The second-order valence-electron chi connectivity index (χ2n) is 16.4. The Kier molecular flexibility index (Phi) is 15.2. The number of esters is 1. The monoisotopic (exact) mass is 920 g/mol. The van der Waals surface area contributed by atoms with Gasteiger partial charge in [0.15, 0.2) is 18.2 Å². The van der Waals surface area contributed by atoms with Gasteiger partial charge in [-0.1, -0.05) is 12.1 Å². The van der Waals surface area contributed by atoms with Gasteiger partial charge >= 0.3 is 19.7 Å². The molecule has 1 aromatic heterocycles. The van der Waals surface area contributed by atoms with Crippen molar-refractivity contribution in [2.75, 3.05) is 70.0 Å². The molecule has 2 amide bonds. The average Bonchev–Trinajstić information content (AvgIpc) is 3.97. The van der Waals surface area contributed by atoms with Gasteiger partial charge in [-0.2, -0.15) is 0 Å². The van der Waals surface area contributed by atoms with Crippen LogP contribution in [0.15, 0.2) is 41.3 Å². The molecular weight excluding hydrogens is 861 g/mol. The highest BCUT2D eigenvalue weighted by molar-refractivity contribution is 7.89. The van der Waals surface area contributed by atoms with Gasteiger partial charge in [-0.25, -0.2) is 14.0 Å². The van der Waals surface area contributed by atoms with Gasteiger partial charge in [0.2, 0.25) is 5.43 Å². The van der Waals surface area contributed by atoms with Gasteiger partial charge < -0.3 is 56.9 Å². The summed E-state index contributed by atoms with van der Waals surface area (Å²) in [6.07, 6.45) is 4.10. The third-order valence-corrected chi connectivity index (χ3v) is 16.3. The van der Waals surface area contributed by atoms with Crippen LogP contribution in [0.25, 0.3) is 10.9 Å². The van der Waals surface area contributed by atoms with Gasteiger partial charge in [0.25, 0.3) is 13.5 Å². The molecule has 2 N–H and O–H groups in total. The van der Waals surface area contributed by atoms with Crippen molar-refractivity contribution in [2.45, 2.75) is 91.8 Å². The van der Waals surface area contributed by atoms with Crippen molar-refractivity contribution in [3.05, 3.63) is 63.7 Å². The molecule has 0 radical (unpaired) electrons. The molecule has 0 spiro atoms. The molecule has 63 heavy (non-hydrogen) atoms. The van der Waals surface area contributed by atoms with Crippen LogP contribution >= 0.6 is 15.2 Å². The zero-order valence-electron chi connectivity index (χ0n) is 37.1. The Balaban J connectivity index is 1.22. The van der Waals surface area contributed by atoms with Gasteiger partial charge in [0, 0.05) is 37.6 Å². The number of pyridine rings is 1. The van der Waals surface area contributed by atoms with Crippen LogP contribution in [0.2, 0.25) is 0 Å². The molecule has 3 heterocycles. The quantitative estimate of drug-likeness (QED) is 0.0989. The molecule has 0 unspecified atom stereocenters. The van der Waals surface area contributed by atoms with E-state index in [1.165, 1.54) is 37.6 Å². The first-order valence-corrected chi connectivity index (χ1v) is 24.5. The molecule has 2 atom stereocenters. The summed E-state index contributed by atoms with van der Waals surface area (Å²) in [5.74, 6) is -2.32. The normalized spacial score (nSPS) is 18.0. The van der Waals surface area contributed by atoms with Crippen LogP contribution < -0.4 is 20.4 Å². The average molecular weight is 921 g/mol. The molecule has 1 saturated carbocycles. The summed E-state index contributed by atoms with van der Waals surface area (Å²) in [6.45, 7) is 12.7. The first-order chi connectivity index (χ1) is 29.9. The Bertz CT molecular complexity index is 2340. The van der Waals surface area contributed by atoms with E-state index in [4.69, 9.17) is 32.3 Å². The summed E-state index contributed by atoms with van der Waals surface area (Å²) >= 11 is 0. The Hall–Kier alpha value is -4.28. The van der Waals surface area contributed by atoms with Gasteiger partial charge in [-0.05, 0) is 104 Å². The molecule has 2 aliphatic heterocycles. The fourth-order valence-electron chi connectivity index (χ4n) is 8.22. The molecule has 3 fully saturated rings. The summed E-state index contributed by atoms with van der Waals surface area (Å²) in [7, 11) is -6.67. The molecule has 20 heteroatoms. The summed E-state index contributed by atoms with van der Waals surface area (Å²) < 4.78 is 71.6. The zero-order valence-corrected chi connectivity index (χ0v) is 38.9. The third-order valence-electron chi connectivity index (χ3n) is 10.8. The van der Waals surface area contributed by atoms with Crippen molar-refractivity contribution in [1.82, 2.24) is 9.47 Å². The number of rotatable bonds is 17. The number of fused-ring (bicyclic) bond motifs is 2. The number of methoxy groups -OCH3 is 1. The molecule has 0 bridgehead atoms. The number of nitrogens with zero attached hydrogens (tertiary/aromatic N) is 3. The standard InChI is InChI=1S/C43H59FN4O13P2/c1-9-57-62(53,58-10-2)41(63(54,59-11-3)60-12-4)27-15-17-29(18-16-27)45-35(49)26-56-40(51)32-24-48(30-19-20-30)36-31(38(32)50)22-33(44)37(39(36)55-8)46-23-28-14-13-21-47(34(28)25-46)42(52)61-43(5,6)7/h15-18,22,24,28,30,34,53H,9-14,19-21,23,25-26H2,1-8H3,(H,45,49)/t28-,34+/m0/s1. The van der Waals surface area contributed by atoms with E-state index < -0.39 is 56.6 Å². The number of anilines is 2. The number of ether oxygens (including phenoxy) is 3. The lowest BCUT2D eigenvalue weighted by Crippen LogP contribution is -2.50. The van der Waals surface area contributed by atoms with Crippen LogP contribution in [0.3, 0.4) is 0 Å². The fraction of sp³-hybridized carbons (Fsp3) is 0.558. The van der Waals surface area contributed by atoms with Crippen molar-refractivity contribution < 1.29 is 60.5 Å². The van der Waals surface area contributed by atoms with Gasteiger partial charge in [0.1, 0.15) is 21.9 Å². The number of hydrogen-bond donors (Lipinski definition) is 2. The van der Waals surface area contributed by atoms with Crippen molar-refractivity contribution in [3.63, 3.8) is 0 Å². The fourth-order valence-corrected chi connectivity index (χ4v) is 13.1. The van der Waals surface area contributed by atoms with Crippen LogP contribution in [0.1, 0.15) is 96.1 Å². The predicted molar refractivity (Wildman–Crippen MR) is 237 cm³/mol. The number of benzene rings is 2. The van der Waals surface area contributed by atoms with Crippen LogP contribution in [0.5, 0.6) is 5.75 Å². The number of carbonyl (C=O) groups is 3. The number of carbonyl (C=O) groups excluding carboxylic acids is 3. The molecular formula is C43H59FN4O13P2. The van der Waals surface area contributed by atoms with E-state index >= 15 is 4.39 Å². The Morgan fingerprint density at radius 1 is 0.937 bits per heavy atom. The van der Waals surface area contributed by atoms with Gasteiger partial charge in [0.05, 0.1) is 50.5 Å². The van der Waals surface area contributed by atoms with E-state index in [2.05, 4.69) is 5.32 Å². The van der Waals surface area contributed by atoms with Crippen LogP contribution in [-0.4, -0.2) is 109 Å². The minimum atomic E-state index is -4.13. The minimum Gasteiger partial charge on any atom is -0.492 e. The number of nitrogens with one attached hydrogen (secondary N) is 1. The molecule has 3 aromatic rings. The number of likely N-dealkylation sites (tertiary alicyclic amines) is 1. The molecule has 2 saturated heterocycles. The van der Waals surface area contributed by atoms with Crippen LogP contribution in [-0.2, 0) is 36.9 Å². The van der Waals surface area contributed by atoms with E-state index in [1.807, 2.05) is 25.7 Å². The van der Waals surface area contributed by atoms with Crippen molar-refractivity contribution in [1.29, 1.82) is 0 Å². The molecule has 3 aliphatic rings. The van der Waals surface area contributed by atoms with E-state index in [1.54, 1.807) is 37.2 Å². The number of hydrogen-bond acceptors (Lipinski definition) is 14. The number of halogens is 1. The van der Waals surface area contributed by atoms with Crippen LogP contribution in [0.4, 0.5) is 20.6 Å². The number of aromatic nitrogens is 1. The first kappa shape index (κ1) is 48.2. The lowest BCUT2D eigenvalue weighted by atomic mass is 9.92. The van der Waals surface area contributed by atoms with Crippen molar-refractivity contribution in [2.24, 2.45) is 5.92 Å². The zero-order chi connectivity index (χ0) is 45.9. The molecule has 6 rings (SSSR count). The van der Waals surface area contributed by atoms with Gasteiger partial charge in [-0.3, -0.25) is 14.2 Å². The molecule has 1 aliphatic carbocycles. The van der Waals surface area contributed by atoms with Crippen molar-refractivity contribution >= 4 is 60.4 Å². The lowest BCUT2D eigenvalue weighted by molar-refractivity contribution is -0.119. The van der Waals surface area contributed by atoms with Gasteiger partial charge in [-0.15, -0.1) is 0 Å².